The topological polar surface area (TPSA) is 57.5 Å². The molecule has 0 radical (unpaired) electrons. The fourth-order valence-corrected chi connectivity index (χ4v) is 0.961. The molecule has 0 saturated carbocycles. The first kappa shape index (κ1) is 9.32. The zero-order valence-corrected chi connectivity index (χ0v) is 7.19. The van der Waals surface area contributed by atoms with Crippen LogP contribution in [0.25, 0.3) is 5.76 Å². The first-order chi connectivity index (χ1) is 6.11. The minimum atomic E-state index is -0.263. The van der Waals surface area contributed by atoms with E-state index in [0.717, 1.165) is 6.08 Å². The summed E-state index contributed by atoms with van der Waals surface area (Å²) in [4.78, 5) is 10.6. The van der Waals surface area contributed by atoms with Crippen molar-refractivity contribution in [1.82, 2.24) is 0 Å². The van der Waals surface area contributed by atoms with E-state index in [4.69, 9.17) is 0 Å². The zero-order chi connectivity index (χ0) is 9.84. The van der Waals surface area contributed by atoms with Crippen molar-refractivity contribution in [2.75, 3.05) is 0 Å². The SMILES string of the molecule is CC(=O)/C=C(\O)c1ccccc1O. The maximum atomic E-state index is 10.6. The van der Waals surface area contributed by atoms with E-state index in [1.807, 2.05) is 0 Å². The van der Waals surface area contributed by atoms with Crippen LogP contribution in [-0.2, 0) is 4.79 Å². The molecular formula is C10H10O3. The Balaban J connectivity index is 3.08. The van der Waals surface area contributed by atoms with Crippen LogP contribution in [0.5, 0.6) is 5.75 Å². The molecule has 1 aromatic carbocycles. The fraction of sp³-hybridized carbons (Fsp3) is 0.100. The number of phenols is 1. The predicted octanol–water partition coefficient (Wildman–Crippen LogP) is 1.88. The average Bonchev–Trinajstić information content (AvgIpc) is 2.03. The Bertz CT molecular complexity index is 353. The molecule has 68 valence electrons. The van der Waals surface area contributed by atoms with Gasteiger partial charge in [0.1, 0.15) is 11.5 Å². The molecule has 2 N–H and O–H groups in total. The largest absolute Gasteiger partial charge is 0.507 e. The van der Waals surface area contributed by atoms with Gasteiger partial charge in [-0.2, -0.15) is 0 Å². The van der Waals surface area contributed by atoms with Crippen molar-refractivity contribution in [2.24, 2.45) is 0 Å². The minimum absolute atomic E-state index is 0.0440. The smallest absolute Gasteiger partial charge is 0.156 e. The van der Waals surface area contributed by atoms with Crippen LogP contribution in [0.2, 0.25) is 0 Å². The molecule has 0 bridgehead atoms. The Kier molecular flexibility index (Phi) is 2.69. The van der Waals surface area contributed by atoms with Crippen molar-refractivity contribution >= 4 is 11.5 Å². The lowest BCUT2D eigenvalue weighted by Crippen LogP contribution is -1.88. The summed E-state index contributed by atoms with van der Waals surface area (Å²) in [5.74, 6) is -0.524. The third-order valence-electron chi connectivity index (χ3n) is 1.52. The third kappa shape index (κ3) is 2.33. The van der Waals surface area contributed by atoms with Gasteiger partial charge >= 0.3 is 0 Å². The lowest BCUT2D eigenvalue weighted by molar-refractivity contribution is -0.112. The molecule has 1 rings (SSSR count). The first-order valence-electron chi connectivity index (χ1n) is 3.81. The van der Waals surface area contributed by atoms with Gasteiger partial charge in [-0.05, 0) is 19.1 Å². The summed E-state index contributed by atoms with van der Waals surface area (Å²) in [6.07, 6.45) is 1.06. The maximum Gasteiger partial charge on any atom is 0.156 e. The lowest BCUT2D eigenvalue weighted by Gasteiger charge is -2.01. The van der Waals surface area contributed by atoms with Gasteiger partial charge in [-0.1, -0.05) is 12.1 Å². The molecule has 0 atom stereocenters. The van der Waals surface area contributed by atoms with Gasteiger partial charge in [0.25, 0.3) is 0 Å². The number of aromatic hydroxyl groups is 1. The normalized spacial score (nSPS) is 11.3. The van der Waals surface area contributed by atoms with Crippen LogP contribution in [-0.4, -0.2) is 16.0 Å². The minimum Gasteiger partial charge on any atom is -0.507 e. The highest BCUT2D eigenvalue weighted by molar-refractivity contribution is 5.93. The van der Waals surface area contributed by atoms with E-state index in [2.05, 4.69) is 0 Å². The van der Waals surface area contributed by atoms with Gasteiger partial charge in [0.05, 0.1) is 5.56 Å². The Morgan fingerprint density at radius 1 is 1.38 bits per heavy atom. The summed E-state index contributed by atoms with van der Waals surface area (Å²) in [7, 11) is 0. The molecule has 1 aromatic rings. The molecule has 3 heteroatoms. The highest BCUT2D eigenvalue weighted by Crippen LogP contribution is 2.22. The number of phenolic OH excluding ortho intramolecular Hbond substituents is 1. The lowest BCUT2D eigenvalue weighted by atomic mass is 10.1. The van der Waals surface area contributed by atoms with Crippen molar-refractivity contribution in [3.63, 3.8) is 0 Å². The number of hydrogen-bond acceptors (Lipinski definition) is 3. The maximum absolute atomic E-state index is 10.6. The van der Waals surface area contributed by atoms with E-state index in [-0.39, 0.29) is 22.9 Å². The highest BCUT2D eigenvalue weighted by Gasteiger charge is 2.04. The van der Waals surface area contributed by atoms with E-state index in [1.54, 1.807) is 12.1 Å². The molecule has 0 fully saturated rings. The Morgan fingerprint density at radius 3 is 2.54 bits per heavy atom. The predicted molar refractivity (Wildman–Crippen MR) is 49.4 cm³/mol. The molecular weight excluding hydrogens is 168 g/mol. The van der Waals surface area contributed by atoms with Crippen LogP contribution in [0.4, 0.5) is 0 Å². The fourth-order valence-electron chi connectivity index (χ4n) is 0.961. The van der Waals surface area contributed by atoms with E-state index < -0.39 is 0 Å². The number of hydrogen-bond donors (Lipinski definition) is 2. The molecule has 0 unspecified atom stereocenters. The van der Waals surface area contributed by atoms with Crippen molar-refractivity contribution < 1.29 is 15.0 Å². The second-order valence-electron chi connectivity index (χ2n) is 2.66. The van der Waals surface area contributed by atoms with Gasteiger partial charge in [-0.25, -0.2) is 0 Å². The van der Waals surface area contributed by atoms with Crippen LogP contribution < -0.4 is 0 Å². The van der Waals surface area contributed by atoms with Gasteiger partial charge in [0.15, 0.2) is 5.78 Å². The number of benzene rings is 1. The van der Waals surface area contributed by atoms with Crippen LogP contribution >= 0.6 is 0 Å². The Labute approximate surface area is 76.0 Å². The van der Waals surface area contributed by atoms with Crippen molar-refractivity contribution in [3.05, 3.63) is 35.9 Å². The zero-order valence-electron chi connectivity index (χ0n) is 7.19. The molecule has 0 spiro atoms. The molecule has 0 aromatic heterocycles. The Hall–Kier alpha value is -1.77. The number of carbonyl (C=O) groups is 1. The molecule has 0 heterocycles. The second-order valence-corrected chi connectivity index (χ2v) is 2.66. The summed E-state index contributed by atoms with van der Waals surface area (Å²) in [6.45, 7) is 1.33. The first-order valence-corrected chi connectivity index (χ1v) is 3.81. The van der Waals surface area contributed by atoms with Crippen molar-refractivity contribution in [2.45, 2.75) is 6.92 Å². The number of aliphatic hydroxyl groups is 1. The molecule has 0 aliphatic carbocycles. The number of allylic oxidation sites excluding steroid dienone is 1. The van der Waals surface area contributed by atoms with E-state index in [1.165, 1.54) is 19.1 Å². The van der Waals surface area contributed by atoms with Gasteiger partial charge in [0.2, 0.25) is 0 Å². The van der Waals surface area contributed by atoms with E-state index >= 15 is 0 Å². The molecule has 0 amide bonds. The summed E-state index contributed by atoms with van der Waals surface area (Å²) in [6, 6.07) is 6.28. The van der Waals surface area contributed by atoms with Crippen LogP contribution in [0, 0.1) is 0 Å². The van der Waals surface area contributed by atoms with Gasteiger partial charge < -0.3 is 10.2 Å². The second kappa shape index (κ2) is 3.76. The number of carbonyl (C=O) groups excluding carboxylic acids is 1. The number of para-hydroxylation sites is 1. The number of rotatable bonds is 2. The molecule has 0 aliphatic rings. The molecule has 13 heavy (non-hydrogen) atoms. The standard InChI is InChI=1S/C10H10O3/c1-7(11)6-10(13)8-4-2-3-5-9(8)12/h2-6,12-13H,1H3/b10-6-. The van der Waals surface area contributed by atoms with Crippen LogP contribution in [0.15, 0.2) is 30.3 Å². The monoisotopic (exact) mass is 178 g/mol. The number of ketones is 1. The average molecular weight is 178 g/mol. The van der Waals surface area contributed by atoms with Crippen molar-refractivity contribution in [3.8, 4) is 5.75 Å². The van der Waals surface area contributed by atoms with Gasteiger partial charge in [0, 0.05) is 6.08 Å². The van der Waals surface area contributed by atoms with Gasteiger partial charge in [-0.3, -0.25) is 4.79 Å². The Morgan fingerprint density at radius 2 is 2.00 bits per heavy atom. The van der Waals surface area contributed by atoms with E-state index in [0.29, 0.717) is 0 Å². The third-order valence-corrected chi connectivity index (χ3v) is 1.52. The summed E-state index contributed by atoms with van der Waals surface area (Å²) < 4.78 is 0. The van der Waals surface area contributed by atoms with Crippen LogP contribution in [0.1, 0.15) is 12.5 Å². The molecule has 3 nitrogen and oxygen atoms in total. The van der Waals surface area contributed by atoms with Crippen LogP contribution in [0.3, 0.4) is 0 Å². The summed E-state index contributed by atoms with van der Waals surface area (Å²) >= 11 is 0. The quantitative estimate of drug-likeness (QED) is 0.537. The summed E-state index contributed by atoms with van der Waals surface area (Å²) in [5.41, 5.74) is 0.262. The van der Waals surface area contributed by atoms with Crippen molar-refractivity contribution in [1.29, 1.82) is 0 Å². The molecule has 0 aliphatic heterocycles. The van der Waals surface area contributed by atoms with E-state index in [9.17, 15) is 15.0 Å². The van der Waals surface area contributed by atoms with Gasteiger partial charge in [-0.15, -0.1) is 0 Å². The molecule has 0 saturated heterocycles. The summed E-state index contributed by atoms with van der Waals surface area (Å²) in [5, 5.41) is 18.6. The number of aliphatic hydroxyl groups excluding tert-OH is 1. The highest BCUT2D eigenvalue weighted by atomic mass is 16.3.